The van der Waals surface area contributed by atoms with Gasteiger partial charge in [0.25, 0.3) is 5.91 Å². The van der Waals surface area contributed by atoms with Crippen molar-refractivity contribution in [2.45, 2.75) is 39.8 Å². The van der Waals surface area contributed by atoms with E-state index in [1.165, 1.54) is 36.0 Å². The Morgan fingerprint density at radius 1 is 1.18 bits per heavy atom. The molecule has 0 saturated carbocycles. The second kappa shape index (κ2) is 7.91. The zero-order valence-corrected chi connectivity index (χ0v) is 17.0. The van der Waals surface area contributed by atoms with Crippen LogP contribution in [-0.4, -0.2) is 33.9 Å². The Balaban J connectivity index is 1.93. The third-order valence-electron chi connectivity index (χ3n) is 4.46. The zero-order chi connectivity index (χ0) is 20.5. The van der Waals surface area contributed by atoms with E-state index in [2.05, 4.69) is 4.74 Å². The Kier molecular flexibility index (Phi) is 5.74. The highest BCUT2D eigenvalue weighted by atomic mass is 32.2. The van der Waals surface area contributed by atoms with Gasteiger partial charge in [-0.3, -0.25) is 9.69 Å². The van der Waals surface area contributed by atoms with Crippen molar-refractivity contribution in [3.05, 3.63) is 59.2 Å². The molecule has 1 amide bonds. The normalized spacial score (nSPS) is 17.4. The van der Waals surface area contributed by atoms with Crippen molar-refractivity contribution < 1.29 is 18.3 Å². The molecule has 3 rings (SSSR count). The zero-order valence-electron chi connectivity index (χ0n) is 16.2. The van der Waals surface area contributed by atoms with E-state index in [9.17, 15) is 13.6 Å². The number of halogens is 2. The molecule has 0 unspecified atom stereocenters. The molecule has 2 aromatic carbocycles. The first kappa shape index (κ1) is 20.3. The highest BCUT2D eigenvalue weighted by molar-refractivity contribution is 8.14. The van der Waals surface area contributed by atoms with Gasteiger partial charge in [-0.25, -0.2) is 4.99 Å². The van der Waals surface area contributed by atoms with Gasteiger partial charge in [-0.1, -0.05) is 23.9 Å². The lowest BCUT2D eigenvalue weighted by atomic mass is 10.0. The van der Waals surface area contributed by atoms with Crippen LogP contribution in [0.4, 0.5) is 14.5 Å². The average Bonchev–Trinajstić information content (AvgIpc) is 2.92. The molecule has 4 nitrogen and oxygen atoms in total. The van der Waals surface area contributed by atoms with Crippen LogP contribution in [0.15, 0.2) is 47.5 Å². The van der Waals surface area contributed by atoms with Gasteiger partial charge >= 0.3 is 6.61 Å². The summed E-state index contributed by atoms with van der Waals surface area (Å²) in [5, 5.41) is 0.636. The van der Waals surface area contributed by atoms with Crippen LogP contribution in [0, 0.1) is 13.8 Å². The smallest absolute Gasteiger partial charge is 0.387 e. The van der Waals surface area contributed by atoms with E-state index in [4.69, 9.17) is 4.99 Å². The number of carbonyl (C=O) groups is 1. The maximum absolute atomic E-state index is 13.2. The predicted octanol–water partition coefficient (Wildman–Crippen LogP) is 5.56. The summed E-state index contributed by atoms with van der Waals surface area (Å²) in [5.74, 6) is 0.517. The Morgan fingerprint density at radius 2 is 1.86 bits per heavy atom. The SMILES string of the molecule is Cc1ccc(C)c(N=C2SCC(C)(C)N2C(=O)c2ccc(OC(F)F)cc2)c1. The minimum Gasteiger partial charge on any atom is -0.435 e. The molecule has 148 valence electrons. The summed E-state index contributed by atoms with van der Waals surface area (Å²) >= 11 is 1.53. The summed E-state index contributed by atoms with van der Waals surface area (Å²) in [6.07, 6.45) is 0. The number of hydrogen-bond donors (Lipinski definition) is 0. The lowest BCUT2D eigenvalue weighted by Crippen LogP contribution is -2.46. The number of amidine groups is 1. The fraction of sp³-hybridized carbons (Fsp3) is 0.333. The van der Waals surface area contributed by atoms with Crippen molar-refractivity contribution >= 4 is 28.5 Å². The van der Waals surface area contributed by atoms with E-state index in [0.717, 1.165) is 22.6 Å². The van der Waals surface area contributed by atoms with E-state index in [1.807, 2.05) is 45.9 Å². The first-order chi connectivity index (χ1) is 13.2. The summed E-state index contributed by atoms with van der Waals surface area (Å²) < 4.78 is 29.0. The Hall–Kier alpha value is -2.41. The van der Waals surface area contributed by atoms with Gasteiger partial charge in [0.05, 0.1) is 11.2 Å². The molecule has 0 radical (unpaired) electrons. The molecule has 0 spiro atoms. The molecule has 1 heterocycles. The van der Waals surface area contributed by atoms with Crippen molar-refractivity contribution in [1.82, 2.24) is 4.90 Å². The van der Waals surface area contributed by atoms with Crippen LogP contribution in [0.3, 0.4) is 0 Å². The van der Waals surface area contributed by atoms with E-state index in [1.54, 1.807) is 4.90 Å². The number of hydrogen-bond acceptors (Lipinski definition) is 4. The quantitative estimate of drug-likeness (QED) is 0.670. The van der Waals surface area contributed by atoms with E-state index in [-0.39, 0.29) is 11.7 Å². The molecule has 2 aromatic rings. The number of aliphatic imine (C=N–C) groups is 1. The molecule has 1 aliphatic heterocycles. The highest BCUT2D eigenvalue weighted by Gasteiger charge is 2.41. The molecule has 1 saturated heterocycles. The summed E-state index contributed by atoms with van der Waals surface area (Å²) in [6.45, 7) is 5.06. The predicted molar refractivity (Wildman–Crippen MR) is 109 cm³/mol. The number of aryl methyl sites for hydroxylation is 2. The molecular weight excluding hydrogens is 382 g/mol. The Labute approximate surface area is 167 Å². The van der Waals surface area contributed by atoms with Crippen LogP contribution in [0.1, 0.15) is 35.3 Å². The Bertz CT molecular complexity index is 911. The third-order valence-corrected chi connectivity index (χ3v) is 5.84. The number of ether oxygens (including phenoxy) is 1. The van der Waals surface area contributed by atoms with Crippen molar-refractivity contribution in [3.8, 4) is 5.75 Å². The van der Waals surface area contributed by atoms with Gasteiger partial charge in [0, 0.05) is 11.3 Å². The first-order valence-corrected chi connectivity index (χ1v) is 9.84. The molecule has 7 heteroatoms. The van der Waals surface area contributed by atoms with Gasteiger partial charge in [-0.05, 0) is 69.2 Å². The molecule has 0 N–H and O–H groups in total. The average molecular weight is 404 g/mol. The Morgan fingerprint density at radius 3 is 2.50 bits per heavy atom. The van der Waals surface area contributed by atoms with Crippen molar-refractivity contribution in [1.29, 1.82) is 0 Å². The fourth-order valence-electron chi connectivity index (χ4n) is 2.92. The second-order valence-electron chi connectivity index (χ2n) is 7.33. The topological polar surface area (TPSA) is 41.9 Å². The van der Waals surface area contributed by atoms with Crippen LogP contribution in [0.2, 0.25) is 0 Å². The van der Waals surface area contributed by atoms with Gasteiger partial charge in [-0.2, -0.15) is 8.78 Å². The minimum absolute atomic E-state index is 0.0193. The molecule has 0 aliphatic carbocycles. The maximum Gasteiger partial charge on any atom is 0.387 e. The van der Waals surface area contributed by atoms with Crippen molar-refractivity contribution in [2.75, 3.05) is 5.75 Å². The first-order valence-electron chi connectivity index (χ1n) is 8.85. The molecule has 28 heavy (non-hydrogen) atoms. The lowest BCUT2D eigenvalue weighted by molar-refractivity contribution is -0.0498. The van der Waals surface area contributed by atoms with Gasteiger partial charge < -0.3 is 4.74 Å². The maximum atomic E-state index is 13.2. The lowest BCUT2D eigenvalue weighted by Gasteiger charge is -2.30. The fourth-order valence-corrected chi connectivity index (χ4v) is 4.16. The largest absolute Gasteiger partial charge is 0.435 e. The summed E-state index contributed by atoms with van der Waals surface area (Å²) in [6, 6.07) is 11.8. The highest BCUT2D eigenvalue weighted by Crippen LogP contribution is 2.36. The van der Waals surface area contributed by atoms with Gasteiger partial charge in [-0.15, -0.1) is 0 Å². The number of benzene rings is 2. The number of thioether (sulfide) groups is 1. The van der Waals surface area contributed by atoms with E-state index >= 15 is 0 Å². The van der Waals surface area contributed by atoms with Crippen LogP contribution >= 0.6 is 11.8 Å². The molecule has 0 atom stereocenters. The minimum atomic E-state index is -2.90. The molecular formula is C21H22F2N2O2S. The van der Waals surface area contributed by atoms with E-state index in [0.29, 0.717) is 10.7 Å². The summed E-state index contributed by atoms with van der Waals surface area (Å²) in [5.41, 5.74) is 2.93. The third kappa shape index (κ3) is 4.35. The standard InChI is InChI=1S/C21H22F2N2O2S/c1-13-5-6-14(2)17(11-13)24-20-25(21(3,4)12-28-20)18(26)15-7-9-16(10-8-15)27-19(22)23/h5-11,19H,12H2,1-4H3. The monoisotopic (exact) mass is 404 g/mol. The number of nitrogens with zero attached hydrogens (tertiary/aromatic N) is 2. The molecule has 0 aromatic heterocycles. The van der Waals surface area contributed by atoms with Crippen LogP contribution in [-0.2, 0) is 0 Å². The number of carbonyl (C=O) groups excluding carboxylic acids is 1. The summed E-state index contributed by atoms with van der Waals surface area (Å²) in [7, 11) is 0. The molecule has 0 bridgehead atoms. The van der Waals surface area contributed by atoms with Crippen molar-refractivity contribution in [2.24, 2.45) is 4.99 Å². The number of rotatable bonds is 4. The molecule has 1 aliphatic rings. The molecule has 1 fully saturated rings. The van der Waals surface area contributed by atoms with Crippen LogP contribution < -0.4 is 4.74 Å². The van der Waals surface area contributed by atoms with Crippen LogP contribution in [0.5, 0.6) is 5.75 Å². The van der Waals surface area contributed by atoms with Gasteiger partial charge in [0.1, 0.15) is 5.75 Å². The van der Waals surface area contributed by atoms with Crippen LogP contribution in [0.25, 0.3) is 0 Å². The number of amides is 1. The van der Waals surface area contributed by atoms with E-state index < -0.39 is 12.2 Å². The second-order valence-corrected chi connectivity index (χ2v) is 8.27. The summed E-state index contributed by atoms with van der Waals surface area (Å²) in [4.78, 5) is 19.6. The van der Waals surface area contributed by atoms with Crippen molar-refractivity contribution in [3.63, 3.8) is 0 Å². The van der Waals surface area contributed by atoms with Gasteiger partial charge in [0.2, 0.25) is 0 Å². The van der Waals surface area contributed by atoms with Gasteiger partial charge in [0.15, 0.2) is 5.17 Å². The number of alkyl halides is 2.